The molecule has 0 saturated carbocycles. The molecule has 3 rings (SSSR count). The first-order valence-electron chi connectivity index (χ1n) is 7.07. The number of fused-ring (bicyclic) bond motifs is 1. The molecule has 0 atom stereocenters. The number of carbonyl (C=O) groups excluding carboxylic acids is 1. The van der Waals surface area contributed by atoms with Crippen molar-refractivity contribution >= 4 is 32.6 Å². The molecule has 1 amide bonds. The number of thiazole rings is 1. The number of amides is 1. The molecule has 4 nitrogen and oxygen atoms in total. The lowest BCUT2D eigenvalue weighted by atomic mass is 10.1. The maximum Gasteiger partial charge on any atom is 0.257 e. The van der Waals surface area contributed by atoms with E-state index in [1.165, 1.54) is 11.3 Å². The Balaban J connectivity index is 1.83. The summed E-state index contributed by atoms with van der Waals surface area (Å²) in [6.45, 7) is 4.54. The van der Waals surface area contributed by atoms with Crippen LogP contribution in [0.15, 0.2) is 42.5 Å². The number of benzene rings is 2. The summed E-state index contributed by atoms with van der Waals surface area (Å²) >= 11 is 1.44. The highest BCUT2D eigenvalue weighted by molar-refractivity contribution is 7.22. The Kier molecular flexibility index (Phi) is 4.06. The first-order chi connectivity index (χ1) is 10.7. The Bertz CT molecular complexity index is 826. The SMILES string of the molecule is CCOc1ccc2nc(NC(=O)c3cccc(C)c3)sc2c1. The van der Waals surface area contributed by atoms with Crippen molar-refractivity contribution in [1.29, 1.82) is 0 Å². The lowest BCUT2D eigenvalue weighted by Gasteiger charge is -2.02. The molecule has 1 N–H and O–H groups in total. The summed E-state index contributed by atoms with van der Waals surface area (Å²) in [4.78, 5) is 16.7. The van der Waals surface area contributed by atoms with Gasteiger partial charge >= 0.3 is 0 Å². The smallest absolute Gasteiger partial charge is 0.257 e. The van der Waals surface area contributed by atoms with E-state index < -0.39 is 0 Å². The predicted octanol–water partition coefficient (Wildman–Crippen LogP) is 4.26. The van der Waals surface area contributed by atoms with E-state index in [9.17, 15) is 4.79 Å². The molecule has 1 aromatic heterocycles. The molecular formula is C17H16N2O2S. The van der Waals surface area contributed by atoms with Crippen LogP contribution in [-0.2, 0) is 0 Å². The van der Waals surface area contributed by atoms with E-state index >= 15 is 0 Å². The van der Waals surface area contributed by atoms with Crippen LogP contribution in [0.25, 0.3) is 10.2 Å². The number of carbonyl (C=O) groups is 1. The minimum absolute atomic E-state index is 0.146. The number of hydrogen-bond donors (Lipinski definition) is 1. The molecule has 22 heavy (non-hydrogen) atoms. The van der Waals surface area contributed by atoms with E-state index in [1.54, 1.807) is 6.07 Å². The fraction of sp³-hybridized carbons (Fsp3) is 0.176. The third-order valence-corrected chi connectivity index (χ3v) is 4.11. The van der Waals surface area contributed by atoms with E-state index in [0.29, 0.717) is 17.3 Å². The Morgan fingerprint density at radius 2 is 2.14 bits per heavy atom. The third kappa shape index (κ3) is 3.09. The molecular weight excluding hydrogens is 296 g/mol. The minimum atomic E-state index is -0.146. The summed E-state index contributed by atoms with van der Waals surface area (Å²) in [5.74, 6) is 0.669. The summed E-state index contributed by atoms with van der Waals surface area (Å²) in [6, 6.07) is 13.2. The van der Waals surface area contributed by atoms with Gasteiger partial charge in [-0.15, -0.1) is 0 Å². The minimum Gasteiger partial charge on any atom is -0.494 e. The average molecular weight is 312 g/mol. The van der Waals surface area contributed by atoms with Gasteiger partial charge < -0.3 is 4.74 Å². The Hall–Kier alpha value is -2.40. The van der Waals surface area contributed by atoms with Crippen molar-refractivity contribution in [2.24, 2.45) is 0 Å². The van der Waals surface area contributed by atoms with Crippen molar-refractivity contribution in [2.75, 3.05) is 11.9 Å². The molecule has 3 aromatic rings. The monoisotopic (exact) mass is 312 g/mol. The van der Waals surface area contributed by atoms with Gasteiger partial charge in [0.05, 0.1) is 16.8 Å². The number of aromatic nitrogens is 1. The van der Waals surface area contributed by atoms with Gasteiger partial charge in [0.2, 0.25) is 0 Å². The van der Waals surface area contributed by atoms with Crippen LogP contribution in [0.5, 0.6) is 5.75 Å². The van der Waals surface area contributed by atoms with Gasteiger partial charge in [0.15, 0.2) is 5.13 Å². The van der Waals surface area contributed by atoms with Crippen LogP contribution in [0.4, 0.5) is 5.13 Å². The number of anilines is 1. The van der Waals surface area contributed by atoms with Crippen LogP contribution in [0.2, 0.25) is 0 Å². The molecule has 0 bridgehead atoms. The van der Waals surface area contributed by atoms with Gasteiger partial charge in [-0.3, -0.25) is 10.1 Å². The number of nitrogens with zero attached hydrogens (tertiary/aromatic N) is 1. The molecule has 112 valence electrons. The zero-order valence-electron chi connectivity index (χ0n) is 12.4. The Labute approximate surface area is 132 Å². The van der Waals surface area contributed by atoms with E-state index in [2.05, 4.69) is 10.3 Å². The van der Waals surface area contributed by atoms with Gasteiger partial charge in [0.1, 0.15) is 5.75 Å². The van der Waals surface area contributed by atoms with Crippen LogP contribution in [0.1, 0.15) is 22.8 Å². The molecule has 0 aliphatic heterocycles. The summed E-state index contributed by atoms with van der Waals surface area (Å²) in [6.07, 6.45) is 0. The molecule has 2 aromatic carbocycles. The van der Waals surface area contributed by atoms with E-state index in [1.807, 2.05) is 50.2 Å². The maximum atomic E-state index is 12.2. The van der Waals surface area contributed by atoms with Crippen LogP contribution in [0.3, 0.4) is 0 Å². The van der Waals surface area contributed by atoms with Crippen molar-refractivity contribution in [3.8, 4) is 5.75 Å². The van der Waals surface area contributed by atoms with E-state index in [-0.39, 0.29) is 5.91 Å². The highest BCUT2D eigenvalue weighted by atomic mass is 32.1. The highest BCUT2D eigenvalue weighted by Crippen LogP contribution is 2.29. The second-order valence-corrected chi connectivity index (χ2v) is 5.94. The van der Waals surface area contributed by atoms with Crippen LogP contribution in [-0.4, -0.2) is 17.5 Å². The molecule has 0 aliphatic carbocycles. The number of aryl methyl sites for hydroxylation is 1. The zero-order valence-corrected chi connectivity index (χ0v) is 13.2. The largest absolute Gasteiger partial charge is 0.494 e. The van der Waals surface area contributed by atoms with Gasteiger partial charge in [-0.25, -0.2) is 4.98 Å². The number of ether oxygens (including phenoxy) is 1. The molecule has 0 fully saturated rings. The normalized spacial score (nSPS) is 10.6. The fourth-order valence-electron chi connectivity index (χ4n) is 2.17. The van der Waals surface area contributed by atoms with Gasteiger partial charge in [-0.05, 0) is 44.2 Å². The fourth-order valence-corrected chi connectivity index (χ4v) is 3.06. The second-order valence-electron chi connectivity index (χ2n) is 4.91. The Morgan fingerprint density at radius 3 is 2.91 bits per heavy atom. The summed E-state index contributed by atoms with van der Waals surface area (Å²) in [7, 11) is 0. The maximum absolute atomic E-state index is 12.2. The van der Waals surface area contributed by atoms with Crippen LogP contribution < -0.4 is 10.1 Å². The third-order valence-electron chi connectivity index (χ3n) is 3.17. The van der Waals surface area contributed by atoms with Crippen molar-refractivity contribution in [3.05, 3.63) is 53.6 Å². The average Bonchev–Trinajstić information content (AvgIpc) is 2.89. The van der Waals surface area contributed by atoms with Crippen molar-refractivity contribution in [2.45, 2.75) is 13.8 Å². The molecule has 0 saturated heterocycles. The topological polar surface area (TPSA) is 51.2 Å². The number of hydrogen-bond acceptors (Lipinski definition) is 4. The molecule has 5 heteroatoms. The zero-order chi connectivity index (χ0) is 15.5. The van der Waals surface area contributed by atoms with Crippen molar-refractivity contribution in [1.82, 2.24) is 4.98 Å². The van der Waals surface area contributed by atoms with Gasteiger partial charge in [0.25, 0.3) is 5.91 Å². The quantitative estimate of drug-likeness (QED) is 0.783. The first kappa shape index (κ1) is 14.5. The predicted molar refractivity (Wildman–Crippen MR) is 89.9 cm³/mol. The van der Waals surface area contributed by atoms with Gasteiger partial charge in [-0.2, -0.15) is 0 Å². The van der Waals surface area contributed by atoms with E-state index in [4.69, 9.17) is 4.74 Å². The van der Waals surface area contributed by atoms with Crippen molar-refractivity contribution in [3.63, 3.8) is 0 Å². The number of nitrogens with one attached hydrogen (secondary N) is 1. The number of rotatable bonds is 4. The summed E-state index contributed by atoms with van der Waals surface area (Å²) < 4.78 is 6.47. The van der Waals surface area contributed by atoms with Gasteiger partial charge in [-0.1, -0.05) is 29.0 Å². The lowest BCUT2D eigenvalue weighted by Crippen LogP contribution is -2.11. The highest BCUT2D eigenvalue weighted by Gasteiger charge is 2.10. The van der Waals surface area contributed by atoms with Crippen LogP contribution in [0, 0.1) is 6.92 Å². The summed E-state index contributed by atoms with van der Waals surface area (Å²) in [5, 5.41) is 3.45. The lowest BCUT2D eigenvalue weighted by molar-refractivity contribution is 0.102. The standard InChI is InChI=1S/C17H16N2O2S/c1-3-21-13-7-8-14-15(10-13)22-17(18-14)19-16(20)12-6-4-5-11(2)9-12/h4-10H,3H2,1-2H3,(H,18,19,20). The second kappa shape index (κ2) is 6.15. The molecule has 0 radical (unpaired) electrons. The molecule has 0 unspecified atom stereocenters. The molecule has 0 spiro atoms. The first-order valence-corrected chi connectivity index (χ1v) is 7.89. The Morgan fingerprint density at radius 1 is 1.27 bits per heavy atom. The van der Waals surface area contributed by atoms with Gasteiger partial charge in [0, 0.05) is 5.56 Å². The van der Waals surface area contributed by atoms with E-state index in [0.717, 1.165) is 21.5 Å². The van der Waals surface area contributed by atoms with Crippen molar-refractivity contribution < 1.29 is 9.53 Å². The van der Waals surface area contributed by atoms with Crippen LogP contribution >= 0.6 is 11.3 Å². The molecule has 0 aliphatic rings. The summed E-state index contributed by atoms with van der Waals surface area (Å²) in [5.41, 5.74) is 2.54. The molecule has 1 heterocycles.